The minimum Gasteiger partial charge on any atom is -0.489 e. The first kappa shape index (κ1) is 22.8. The van der Waals surface area contributed by atoms with E-state index in [0.717, 1.165) is 36.0 Å². The quantitative estimate of drug-likeness (QED) is 0.439. The molecule has 5 rings (SSSR count). The molecule has 0 radical (unpaired) electrons. The van der Waals surface area contributed by atoms with Gasteiger partial charge >= 0.3 is 0 Å². The molecule has 172 valence electrons. The average Bonchev–Trinajstić information content (AvgIpc) is 3.09. The van der Waals surface area contributed by atoms with Gasteiger partial charge in [0.15, 0.2) is 0 Å². The minimum atomic E-state index is -0.408. The molecule has 0 amide bonds. The molecule has 0 saturated carbocycles. The van der Waals surface area contributed by atoms with Crippen LogP contribution in [0.3, 0.4) is 0 Å². The van der Waals surface area contributed by atoms with Crippen LogP contribution < -0.4 is 10.3 Å². The lowest BCUT2D eigenvalue weighted by atomic mass is 10.0. The summed E-state index contributed by atoms with van der Waals surface area (Å²) in [4.78, 5) is 15.0. The third-order valence-electron chi connectivity index (χ3n) is 6.06. The highest BCUT2D eigenvalue weighted by Gasteiger charge is 2.22. The molecule has 0 aliphatic carbocycles. The van der Waals surface area contributed by atoms with Gasteiger partial charge in [-0.05, 0) is 36.4 Å². The van der Waals surface area contributed by atoms with E-state index < -0.39 is 5.82 Å². The summed E-state index contributed by atoms with van der Waals surface area (Å²) in [6, 6.07) is 16.2. The number of aryl methyl sites for hydroxylation is 1. The number of aromatic nitrogens is 2. The SMILES string of the molecule is CC.CN1CCc2c(c3cc(F)c(-n4ccc(OCc5ccccc5)cc4=O)cc3n2C)C1. The number of fused-ring (bicyclic) bond motifs is 3. The minimum absolute atomic E-state index is 0.249. The molecule has 0 atom stereocenters. The van der Waals surface area contributed by atoms with E-state index in [-0.39, 0.29) is 11.2 Å². The predicted octanol–water partition coefficient (Wildman–Crippen LogP) is 5.06. The molecule has 6 heteroatoms. The van der Waals surface area contributed by atoms with Crippen molar-refractivity contribution >= 4 is 10.9 Å². The van der Waals surface area contributed by atoms with Gasteiger partial charge in [0.1, 0.15) is 18.2 Å². The molecular weight excluding hydrogens is 417 g/mol. The third-order valence-corrected chi connectivity index (χ3v) is 6.06. The van der Waals surface area contributed by atoms with E-state index in [9.17, 15) is 4.79 Å². The van der Waals surface area contributed by atoms with Crippen molar-refractivity contribution in [2.45, 2.75) is 33.4 Å². The Bertz CT molecular complexity index is 1320. The Hall–Kier alpha value is -3.38. The number of pyridine rings is 1. The Morgan fingerprint density at radius 3 is 2.52 bits per heavy atom. The lowest BCUT2D eigenvalue weighted by Gasteiger charge is -2.23. The number of ether oxygens (including phenoxy) is 1. The molecule has 0 spiro atoms. The second-order valence-electron chi connectivity index (χ2n) is 8.14. The van der Waals surface area contributed by atoms with E-state index in [4.69, 9.17) is 4.74 Å². The van der Waals surface area contributed by atoms with Gasteiger partial charge in [-0.15, -0.1) is 0 Å². The predicted molar refractivity (Wildman–Crippen MR) is 131 cm³/mol. The van der Waals surface area contributed by atoms with E-state index in [1.807, 2.05) is 51.2 Å². The van der Waals surface area contributed by atoms with Gasteiger partial charge in [-0.3, -0.25) is 9.36 Å². The van der Waals surface area contributed by atoms with Crippen molar-refractivity contribution in [3.05, 3.63) is 93.8 Å². The van der Waals surface area contributed by atoms with E-state index in [2.05, 4.69) is 16.5 Å². The number of hydrogen-bond donors (Lipinski definition) is 0. The normalized spacial score (nSPS) is 13.4. The van der Waals surface area contributed by atoms with Gasteiger partial charge in [-0.1, -0.05) is 44.2 Å². The van der Waals surface area contributed by atoms with Crippen LogP contribution in [0, 0.1) is 5.82 Å². The number of hydrogen-bond acceptors (Lipinski definition) is 3. The summed E-state index contributed by atoms with van der Waals surface area (Å²) in [5.41, 5.74) is 4.28. The Morgan fingerprint density at radius 2 is 1.79 bits per heavy atom. The summed E-state index contributed by atoms with van der Waals surface area (Å²) in [6.07, 6.45) is 2.50. The lowest BCUT2D eigenvalue weighted by Crippen LogP contribution is -2.26. The second kappa shape index (κ2) is 9.63. The van der Waals surface area contributed by atoms with Crippen molar-refractivity contribution in [3.8, 4) is 11.4 Å². The van der Waals surface area contributed by atoms with Crippen LogP contribution in [-0.2, 0) is 26.6 Å². The highest BCUT2D eigenvalue weighted by atomic mass is 19.1. The number of likely N-dealkylation sites (N-methyl/N-ethyl adjacent to an activating group) is 1. The van der Waals surface area contributed by atoms with Crippen molar-refractivity contribution in [2.75, 3.05) is 13.6 Å². The van der Waals surface area contributed by atoms with Gasteiger partial charge in [0.25, 0.3) is 5.56 Å². The molecule has 3 heterocycles. The first-order chi connectivity index (χ1) is 16.0. The summed E-state index contributed by atoms with van der Waals surface area (Å²) < 4.78 is 24.3. The number of halogens is 1. The molecule has 1 aliphatic rings. The summed E-state index contributed by atoms with van der Waals surface area (Å²) in [5, 5.41) is 0.918. The average molecular weight is 448 g/mol. The standard InChI is InChI=1S/C25H24FN3O2.C2H6/c1-27-10-9-22-20(15-27)19-13-21(26)24(14-23(19)28(22)2)29-11-8-18(12-25(29)30)31-16-17-6-4-3-5-7-17;1-2/h3-8,11-14H,9-10,15-16H2,1-2H3;1-2H3. The molecule has 0 bridgehead atoms. The Labute approximate surface area is 193 Å². The van der Waals surface area contributed by atoms with Gasteiger partial charge < -0.3 is 14.2 Å². The molecule has 0 saturated heterocycles. The molecule has 2 aromatic carbocycles. The molecule has 2 aromatic heterocycles. The Balaban J connectivity index is 0.00000126. The second-order valence-corrected chi connectivity index (χ2v) is 8.14. The van der Waals surface area contributed by atoms with Crippen LogP contribution in [0.15, 0.2) is 65.6 Å². The van der Waals surface area contributed by atoms with E-state index >= 15 is 4.39 Å². The first-order valence-corrected chi connectivity index (χ1v) is 11.4. The number of benzene rings is 2. The summed E-state index contributed by atoms with van der Waals surface area (Å²) in [6.45, 7) is 6.16. The highest BCUT2D eigenvalue weighted by Crippen LogP contribution is 2.32. The van der Waals surface area contributed by atoms with Crippen molar-refractivity contribution in [2.24, 2.45) is 7.05 Å². The smallest absolute Gasteiger partial charge is 0.258 e. The van der Waals surface area contributed by atoms with Crippen LogP contribution >= 0.6 is 0 Å². The van der Waals surface area contributed by atoms with Gasteiger partial charge in [-0.2, -0.15) is 0 Å². The van der Waals surface area contributed by atoms with Crippen LogP contribution in [-0.4, -0.2) is 27.6 Å². The van der Waals surface area contributed by atoms with Gasteiger partial charge in [0, 0.05) is 49.9 Å². The van der Waals surface area contributed by atoms with E-state index in [0.29, 0.717) is 12.4 Å². The molecule has 0 fully saturated rings. The fourth-order valence-electron chi connectivity index (χ4n) is 4.39. The molecular formula is C27H30FN3O2. The molecule has 1 aliphatic heterocycles. The number of rotatable bonds is 4. The van der Waals surface area contributed by atoms with Crippen LogP contribution in [0.1, 0.15) is 30.7 Å². The topological polar surface area (TPSA) is 39.4 Å². The monoisotopic (exact) mass is 447 g/mol. The van der Waals surface area contributed by atoms with E-state index in [1.54, 1.807) is 24.4 Å². The summed E-state index contributed by atoms with van der Waals surface area (Å²) >= 11 is 0. The van der Waals surface area contributed by atoms with Crippen molar-refractivity contribution in [3.63, 3.8) is 0 Å². The highest BCUT2D eigenvalue weighted by molar-refractivity contribution is 5.87. The maximum Gasteiger partial charge on any atom is 0.258 e. The van der Waals surface area contributed by atoms with Crippen molar-refractivity contribution in [1.29, 1.82) is 0 Å². The first-order valence-electron chi connectivity index (χ1n) is 11.4. The van der Waals surface area contributed by atoms with Crippen molar-refractivity contribution < 1.29 is 9.13 Å². The maximum atomic E-state index is 15.1. The zero-order valence-corrected chi connectivity index (χ0v) is 19.6. The van der Waals surface area contributed by atoms with Crippen LogP contribution in [0.2, 0.25) is 0 Å². The summed E-state index contributed by atoms with van der Waals surface area (Å²) in [5.74, 6) is 0.0538. The van der Waals surface area contributed by atoms with E-state index in [1.165, 1.54) is 21.9 Å². The molecule has 33 heavy (non-hydrogen) atoms. The lowest BCUT2D eigenvalue weighted by molar-refractivity contribution is 0.305. The fraction of sp³-hybridized carbons (Fsp3) is 0.296. The van der Waals surface area contributed by atoms with Crippen LogP contribution in [0.4, 0.5) is 4.39 Å². The maximum absolute atomic E-state index is 15.1. The van der Waals surface area contributed by atoms with Crippen LogP contribution in [0.25, 0.3) is 16.6 Å². The van der Waals surface area contributed by atoms with Gasteiger partial charge in [-0.25, -0.2) is 4.39 Å². The Kier molecular flexibility index (Phi) is 6.65. The zero-order valence-electron chi connectivity index (χ0n) is 19.6. The van der Waals surface area contributed by atoms with Gasteiger partial charge in [0.2, 0.25) is 0 Å². The Morgan fingerprint density at radius 1 is 1.03 bits per heavy atom. The number of nitrogens with zero attached hydrogens (tertiary/aromatic N) is 3. The van der Waals surface area contributed by atoms with Crippen LogP contribution in [0.5, 0.6) is 5.75 Å². The third kappa shape index (κ3) is 4.44. The fourth-order valence-corrected chi connectivity index (χ4v) is 4.39. The zero-order chi connectivity index (χ0) is 23.5. The largest absolute Gasteiger partial charge is 0.489 e. The molecule has 0 unspecified atom stereocenters. The molecule has 0 N–H and O–H groups in total. The molecule has 4 aromatic rings. The molecule has 5 nitrogen and oxygen atoms in total. The summed E-state index contributed by atoms with van der Waals surface area (Å²) in [7, 11) is 4.09. The van der Waals surface area contributed by atoms with Gasteiger partial charge in [0.05, 0.1) is 11.2 Å². The van der Waals surface area contributed by atoms with Crippen molar-refractivity contribution in [1.82, 2.24) is 14.0 Å².